The molecule has 0 aromatic heterocycles. The highest BCUT2D eigenvalue weighted by Crippen LogP contribution is 2.43. The first-order valence-electron chi connectivity index (χ1n) is 8.49. The first-order valence-corrected chi connectivity index (χ1v) is 10.6. The second-order valence-electron chi connectivity index (χ2n) is 7.18. The van der Waals surface area contributed by atoms with Crippen molar-refractivity contribution in [2.24, 2.45) is 0 Å². The van der Waals surface area contributed by atoms with Crippen molar-refractivity contribution < 1.29 is 9.22 Å². The van der Waals surface area contributed by atoms with Crippen LogP contribution < -0.4 is 4.43 Å². The lowest BCUT2D eigenvalue weighted by Gasteiger charge is -2.42. The van der Waals surface area contributed by atoms with E-state index in [1.54, 1.807) is 0 Å². The van der Waals surface area contributed by atoms with Crippen LogP contribution in [0.15, 0.2) is 18.2 Å². The third kappa shape index (κ3) is 3.62. The zero-order valence-electron chi connectivity index (χ0n) is 15.5. The fourth-order valence-electron chi connectivity index (χ4n) is 3.69. The van der Waals surface area contributed by atoms with Gasteiger partial charge in [0, 0.05) is 12.0 Å². The van der Waals surface area contributed by atoms with E-state index in [9.17, 15) is 4.79 Å². The van der Waals surface area contributed by atoms with Gasteiger partial charge in [0.1, 0.15) is 5.75 Å². The van der Waals surface area contributed by atoms with Gasteiger partial charge >= 0.3 is 0 Å². The van der Waals surface area contributed by atoms with Crippen LogP contribution >= 0.6 is 0 Å². The van der Waals surface area contributed by atoms with Crippen LogP contribution in [0.3, 0.4) is 0 Å². The second kappa shape index (κ2) is 7.45. The Morgan fingerprint density at radius 2 is 1.55 bits per heavy atom. The van der Waals surface area contributed by atoms with Gasteiger partial charge in [-0.1, -0.05) is 48.5 Å². The van der Waals surface area contributed by atoms with Crippen LogP contribution in [0.1, 0.15) is 70.8 Å². The summed E-state index contributed by atoms with van der Waals surface area (Å²) in [5.41, 5.74) is 3.49. The highest BCUT2D eigenvalue weighted by atomic mass is 28.4. The number of carbonyl (C=O) groups excluding carboxylic acids is 1. The molecule has 1 rings (SSSR count). The van der Waals surface area contributed by atoms with Gasteiger partial charge in [-0.05, 0) is 47.3 Å². The average molecular weight is 321 g/mol. The van der Waals surface area contributed by atoms with Gasteiger partial charge in [0.15, 0.2) is 5.78 Å². The number of carbonyl (C=O) groups is 1. The van der Waals surface area contributed by atoms with Crippen molar-refractivity contribution in [1.82, 2.24) is 0 Å². The number of ketones is 1. The lowest BCUT2D eigenvalue weighted by molar-refractivity contribution is 0.0988. The van der Waals surface area contributed by atoms with Crippen LogP contribution in [-0.4, -0.2) is 14.1 Å². The maximum absolute atomic E-state index is 11.9. The number of rotatable bonds is 7. The van der Waals surface area contributed by atoms with E-state index in [2.05, 4.69) is 41.5 Å². The summed E-state index contributed by atoms with van der Waals surface area (Å²) in [7, 11) is -1.94. The monoisotopic (exact) mass is 320 g/mol. The summed E-state index contributed by atoms with van der Waals surface area (Å²) >= 11 is 0. The molecule has 0 saturated carbocycles. The number of aryl methyl sites for hydroxylation is 1. The molecule has 0 aliphatic heterocycles. The predicted molar refractivity (Wildman–Crippen MR) is 97.5 cm³/mol. The molecule has 1 aromatic carbocycles. The fourth-order valence-corrected chi connectivity index (χ4v) is 9.00. The number of hydrogen-bond acceptors (Lipinski definition) is 2. The molecule has 1 aromatic rings. The van der Waals surface area contributed by atoms with E-state index < -0.39 is 8.32 Å². The molecule has 124 valence electrons. The number of Topliss-reactive ketones (excluding diaryl/α,β-unsaturated/α-hetero) is 1. The van der Waals surface area contributed by atoms with E-state index in [0.29, 0.717) is 23.0 Å². The van der Waals surface area contributed by atoms with Crippen LogP contribution in [0.4, 0.5) is 0 Å². The van der Waals surface area contributed by atoms with Crippen molar-refractivity contribution in [3.63, 3.8) is 0 Å². The van der Waals surface area contributed by atoms with Crippen LogP contribution in [0.25, 0.3) is 0 Å². The molecule has 22 heavy (non-hydrogen) atoms. The Labute approximate surface area is 137 Å². The predicted octanol–water partition coefficient (Wildman–Crippen LogP) is 6.14. The summed E-state index contributed by atoms with van der Waals surface area (Å²) in [5, 5.41) is 0. The molecule has 0 radical (unpaired) electrons. The van der Waals surface area contributed by atoms with Gasteiger partial charge in [-0.2, -0.15) is 0 Å². The molecule has 0 heterocycles. The highest BCUT2D eigenvalue weighted by molar-refractivity contribution is 6.78. The maximum atomic E-state index is 11.9. The second-order valence-corrected chi connectivity index (χ2v) is 12.6. The van der Waals surface area contributed by atoms with E-state index in [0.717, 1.165) is 16.9 Å². The van der Waals surface area contributed by atoms with Gasteiger partial charge < -0.3 is 4.43 Å². The highest BCUT2D eigenvalue weighted by Gasteiger charge is 2.47. The van der Waals surface area contributed by atoms with Gasteiger partial charge in [0.05, 0.1) is 0 Å². The first-order chi connectivity index (χ1) is 10.2. The standard InChI is InChI=1S/C19H32O2Si/c1-9-18(20)17-10-11-19(16(8)12-17)21-22(13(2)3,14(4)5)15(6)7/h10-15H,9H2,1-8H3. The topological polar surface area (TPSA) is 26.3 Å². The largest absolute Gasteiger partial charge is 0.543 e. The zero-order valence-corrected chi connectivity index (χ0v) is 16.5. The Bertz CT molecular complexity index is 496. The molecule has 0 atom stereocenters. The van der Waals surface area contributed by atoms with Crippen LogP contribution in [-0.2, 0) is 0 Å². The minimum Gasteiger partial charge on any atom is -0.543 e. The Morgan fingerprint density at radius 1 is 1.05 bits per heavy atom. The van der Waals surface area contributed by atoms with Crippen molar-refractivity contribution in [2.45, 2.75) is 78.4 Å². The minimum atomic E-state index is -1.94. The summed E-state index contributed by atoms with van der Waals surface area (Å²) in [5.74, 6) is 1.14. The summed E-state index contributed by atoms with van der Waals surface area (Å²) in [6.45, 7) is 17.7. The molecular weight excluding hydrogens is 288 g/mol. The summed E-state index contributed by atoms with van der Waals surface area (Å²) < 4.78 is 6.71. The van der Waals surface area contributed by atoms with Crippen molar-refractivity contribution in [1.29, 1.82) is 0 Å². The number of benzene rings is 1. The quantitative estimate of drug-likeness (QED) is 0.445. The normalized spacial score (nSPS) is 12.3. The summed E-state index contributed by atoms with van der Waals surface area (Å²) in [6, 6.07) is 5.88. The fraction of sp³-hybridized carbons (Fsp3) is 0.632. The molecule has 3 heteroatoms. The SMILES string of the molecule is CCC(=O)c1ccc(O[Si](C(C)C)(C(C)C)C(C)C)c(C)c1. The average Bonchev–Trinajstić information content (AvgIpc) is 2.43. The molecule has 0 unspecified atom stereocenters. The molecule has 0 aliphatic carbocycles. The van der Waals surface area contributed by atoms with E-state index in [1.165, 1.54) is 0 Å². The van der Waals surface area contributed by atoms with E-state index >= 15 is 0 Å². The Hall–Kier alpha value is -1.09. The Morgan fingerprint density at radius 3 is 1.91 bits per heavy atom. The smallest absolute Gasteiger partial charge is 0.258 e. The van der Waals surface area contributed by atoms with Gasteiger partial charge in [-0.15, -0.1) is 0 Å². The van der Waals surface area contributed by atoms with Gasteiger partial charge in [-0.3, -0.25) is 4.79 Å². The molecular formula is C19H32O2Si. The molecule has 2 nitrogen and oxygen atoms in total. The molecule has 0 N–H and O–H groups in total. The molecule has 0 aliphatic rings. The van der Waals surface area contributed by atoms with Gasteiger partial charge in [0.2, 0.25) is 0 Å². The Kier molecular flexibility index (Phi) is 6.42. The van der Waals surface area contributed by atoms with Crippen LogP contribution in [0, 0.1) is 6.92 Å². The lowest BCUT2D eigenvalue weighted by atomic mass is 10.1. The molecule has 0 amide bonds. The minimum absolute atomic E-state index is 0.190. The van der Waals surface area contributed by atoms with Crippen molar-refractivity contribution in [2.75, 3.05) is 0 Å². The van der Waals surface area contributed by atoms with Crippen molar-refractivity contribution >= 4 is 14.1 Å². The molecule has 0 saturated heterocycles. The zero-order chi connectivity index (χ0) is 17.1. The third-order valence-corrected chi connectivity index (χ3v) is 10.8. The van der Waals surface area contributed by atoms with E-state index in [4.69, 9.17) is 4.43 Å². The molecule has 0 spiro atoms. The van der Waals surface area contributed by atoms with E-state index in [1.807, 2.05) is 32.0 Å². The van der Waals surface area contributed by atoms with Crippen molar-refractivity contribution in [3.8, 4) is 5.75 Å². The van der Waals surface area contributed by atoms with Gasteiger partial charge in [0.25, 0.3) is 8.32 Å². The maximum Gasteiger partial charge on any atom is 0.258 e. The van der Waals surface area contributed by atoms with Crippen LogP contribution in [0.5, 0.6) is 5.75 Å². The van der Waals surface area contributed by atoms with Crippen LogP contribution in [0.2, 0.25) is 16.6 Å². The summed E-state index contributed by atoms with van der Waals surface area (Å²) in [6.07, 6.45) is 0.544. The number of hydrogen-bond donors (Lipinski definition) is 0. The third-order valence-electron chi connectivity index (χ3n) is 4.81. The van der Waals surface area contributed by atoms with Gasteiger partial charge in [-0.25, -0.2) is 0 Å². The first kappa shape index (κ1) is 19.0. The Balaban J connectivity index is 3.22. The molecule has 0 bridgehead atoms. The van der Waals surface area contributed by atoms with Crippen molar-refractivity contribution in [3.05, 3.63) is 29.3 Å². The lowest BCUT2D eigenvalue weighted by Crippen LogP contribution is -2.50. The summed E-state index contributed by atoms with van der Waals surface area (Å²) in [4.78, 5) is 11.9. The van der Waals surface area contributed by atoms with E-state index in [-0.39, 0.29) is 5.78 Å². The molecule has 0 fully saturated rings.